The van der Waals surface area contributed by atoms with E-state index >= 15 is 0 Å². The number of rotatable bonds is 5. The highest BCUT2D eigenvalue weighted by atomic mass is 16.3. The average molecular weight is 461 g/mol. The normalized spacial score (nSPS) is 47.2. The summed E-state index contributed by atoms with van der Waals surface area (Å²) in [6.07, 6.45) is 4.33. The highest BCUT2D eigenvalue weighted by Crippen LogP contribution is 2.68. The lowest BCUT2D eigenvalue weighted by molar-refractivity contribution is -0.133. The summed E-state index contributed by atoms with van der Waals surface area (Å²) >= 11 is 0. The zero-order valence-corrected chi connectivity index (χ0v) is 21.8. The first-order valence-electron chi connectivity index (χ1n) is 13.5. The van der Waals surface area contributed by atoms with Gasteiger partial charge >= 0.3 is 0 Å². The van der Waals surface area contributed by atoms with E-state index in [0.29, 0.717) is 43.4 Å². The van der Waals surface area contributed by atoms with Gasteiger partial charge in [0.05, 0.1) is 18.3 Å². The minimum absolute atomic E-state index is 0.119. The Bertz CT molecular complexity index is 816. The maximum absolute atomic E-state index is 12.4. The fourth-order valence-electron chi connectivity index (χ4n) is 8.62. The lowest BCUT2D eigenvalue weighted by Crippen LogP contribution is -2.61. The van der Waals surface area contributed by atoms with Gasteiger partial charge in [-0.3, -0.25) is 0 Å². The molecule has 2 fully saturated rings. The van der Waals surface area contributed by atoms with Crippen LogP contribution in [0.25, 0.3) is 0 Å². The third-order valence-electron chi connectivity index (χ3n) is 11.2. The molecule has 0 aromatic carbocycles. The van der Waals surface area contributed by atoms with Crippen LogP contribution in [0.3, 0.4) is 0 Å². The van der Waals surface area contributed by atoms with E-state index in [-0.39, 0.29) is 17.3 Å². The van der Waals surface area contributed by atoms with E-state index in [9.17, 15) is 20.4 Å². The second-order valence-electron chi connectivity index (χ2n) is 13.1. The molecular weight excluding hydrogens is 412 g/mol. The monoisotopic (exact) mass is 460 g/mol. The Hall–Kier alpha value is -0.680. The number of fused-ring (bicyclic) bond motifs is 4. The first kappa shape index (κ1) is 25.4. The molecule has 2 saturated carbocycles. The largest absolute Gasteiger partial charge is 0.390 e. The summed E-state index contributed by atoms with van der Waals surface area (Å²) in [7, 11) is 0. The van der Waals surface area contributed by atoms with Crippen LogP contribution in [0.5, 0.6) is 0 Å². The molecule has 10 atom stereocenters. The van der Waals surface area contributed by atoms with Crippen molar-refractivity contribution in [2.24, 2.45) is 40.4 Å². The molecule has 0 amide bonds. The maximum Gasteiger partial charge on any atom is 0.117 e. The van der Waals surface area contributed by atoms with Crippen molar-refractivity contribution < 1.29 is 20.4 Å². The second-order valence-corrected chi connectivity index (χ2v) is 13.1. The Morgan fingerprint density at radius 2 is 1.67 bits per heavy atom. The molecule has 4 rings (SSSR count). The molecule has 0 radical (unpaired) electrons. The van der Waals surface area contributed by atoms with Gasteiger partial charge in [0, 0.05) is 5.41 Å². The summed E-state index contributed by atoms with van der Waals surface area (Å²) in [6.45, 7) is 17.7. The molecule has 0 aliphatic heterocycles. The summed E-state index contributed by atoms with van der Waals surface area (Å²) in [4.78, 5) is 0. The van der Waals surface area contributed by atoms with Crippen LogP contribution in [0.2, 0.25) is 0 Å². The Morgan fingerprint density at radius 3 is 2.30 bits per heavy atom. The molecule has 33 heavy (non-hydrogen) atoms. The summed E-state index contributed by atoms with van der Waals surface area (Å²) < 4.78 is 0. The lowest BCUT2D eigenvalue weighted by atomic mass is 9.47. The van der Waals surface area contributed by atoms with Crippen LogP contribution in [0.4, 0.5) is 0 Å². The Kier molecular flexibility index (Phi) is 6.52. The van der Waals surface area contributed by atoms with E-state index in [2.05, 4.69) is 48.1 Å². The van der Waals surface area contributed by atoms with Crippen molar-refractivity contribution in [2.45, 2.75) is 117 Å². The van der Waals surface area contributed by atoms with E-state index in [4.69, 9.17) is 0 Å². The standard InChI is InChI=1S/C29H48O4/c1-16(2)17(3)8-9-18(4)22-14-25(32)29(33)21-11-10-20-19(5)23(30)12-13-27(20,6)26(21)24(31)15-28(22,29)7/h16-18,20,22-25,30-33H,5,8-15H2,1-4,6-7H3. The van der Waals surface area contributed by atoms with Gasteiger partial charge in [0.1, 0.15) is 5.60 Å². The minimum atomic E-state index is -1.28. The predicted octanol–water partition coefficient (Wildman–Crippen LogP) is 5.00. The predicted molar refractivity (Wildman–Crippen MR) is 132 cm³/mol. The lowest BCUT2D eigenvalue weighted by Gasteiger charge is -2.59. The molecule has 4 aliphatic rings. The van der Waals surface area contributed by atoms with Crippen molar-refractivity contribution in [3.63, 3.8) is 0 Å². The van der Waals surface area contributed by atoms with E-state index in [1.807, 2.05) is 0 Å². The van der Waals surface area contributed by atoms with Crippen LogP contribution < -0.4 is 0 Å². The smallest absolute Gasteiger partial charge is 0.117 e. The summed E-state index contributed by atoms with van der Waals surface area (Å²) in [5.74, 6) is 1.98. The summed E-state index contributed by atoms with van der Waals surface area (Å²) in [6, 6.07) is 0. The van der Waals surface area contributed by atoms with Crippen molar-refractivity contribution in [2.75, 3.05) is 0 Å². The van der Waals surface area contributed by atoms with Crippen LogP contribution in [0.1, 0.15) is 92.9 Å². The first-order valence-corrected chi connectivity index (χ1v) is 13.5. The molecule has 4 N–H and O–H groups in total. The minimum Gasteiger partial charge on any atom is -0.390 e. The molecule has 0 spiro atoms. The highest BCUT2D eigenvalue weighted by molar-refractivity contribution is 5.45. The molecule has 10 unspecified atom stereocenters. The van der Waals surface area contributed by atoms with Gasteiger partial charge in [-0.1, -0.05) is 61.0 Å². The zero-order valence-electron chi connectivity index (χ0n) is 21.8. The Balaban J connectivity index is 1.70. The highest BCUT2D eigenvalue weighted by Gasteiger charge is 2.69. The molecule has 4 aliphatic carbocycles. The van der Waals surface area contributed by atoms with Gasteiger partial charge in [0.25, 0.3) is 0 Å². The van der Waals surface area contributed by atoms with E-state index < -0.39 is 29.3 Å². The van der Waals surface area contributed by atoms with Crippen LogP contribution >= 0.6 is 0 Å². The van der Waals surface area contributed by atoms with Crippen molar-refractivity contribution >= 4 is 0 Å². The van der Waals surface area contributed by atoms with Gasteiger partial charge in [-0.25, -0.2) is 0 Å². The average Bonchev–Trinajstić information content (AvgIpc) is 2.95. The van der Waals surface area contributed by atoms with Gasteiger partial charge in [0.2, 0.25) is 0 Å². The third kappa shape index (κ3) is 3.53. The first-order chi connectivity index (χ1) is 15.3. The van der Waals surface area contributed by atoms with E-state index in [1.165, 1.54) is 0 Å². The Morgan fingerprint density at radius 1 is 1.00 bits per heavy atom. The number of hydrogen-bond acceptors (Lipinski definition) is 4. The molecule has 4 heteroatoms. The fourth-order valence-corrected chi connectivity index (χ4v) is 8.62. The number of aliphatic hydroxyl groups excluding tert-OH is 3. The van der Waals surface area contributed by atoms with Gasteiger partial charge in [0.15, 0.2) is 0 Å². The second kappa shape index (κ2) is 8.47. The van der Waals surface area contributed by atoms with Gasteiger partial charge in [-0.2, -0.15) is 0 Å². The molecule has 0 aromatic rings. The van der Waals surface area contributed by atoms with Crippen LogP contribution in [-0.4, -0.2) is 44.3 Å². The summed E-state index contributed by atoms with van der Waals surface area (Å²) in [5, 5.41) is 45.8. The van der Waals surface area contributed by atoms with Crippen LogP contribution in [0, 0.1) is 40.4 Å². The van der Waals surface area contributed by atoms with Gasteiger partial charge in [-0.15, -0.1) is 0 Å². The van der Waals surface area contributed by atoms with Crippen molar-refractivity contribution in [3.05, 3.63) is 23.3 Å². The SMILES string of the molecule is C=C1C(O)CCC2(C)C3=C(CCC12)C1(O)C(O)CC(C(C)CCC(C)C(C)C)C1(C)CC3O. The number of aliphatic hydroxyl groups is 4. The molecular formula is C29H48O4. The molecule has 4 nitrogen and oxygen atoms in total. The van der Waals surface area contributed by atoms with Crippen molar-refractivity contribution in [3.8, 4) is 0 Å². The zero-order chi connectivity index (χ0) is 24.5. The van der Waals surface area contributed by atoms with E-state index in [0.717, 1.165) is 42.4 Å². The van der Waals surface area contributed by atoms with Crippen molar-refractivity contribution in [1.29, 1.82) is 0 Å². The van der Waals surface area contributed by atoms with Crippen molar-refractivity contribution in [1.82, 2.24) is 0 Å². The van der Waals surface area contributed by atoms with Gasteiger partial charge < -0.3 is 20.4 Å². The topological polar surface area (TPSA) is 80.9 Å². The van der Waals surface area contributed by atoms with Crippen LogP contribution in [-0.2, 0) is 0 Å². The molecule has 0 aromatic heterocycles. The molecule has 0 saturated heterocycles. The quantitative estimate of drug-likeness (QED) is 0.435. The third-order valence-corrected chi connectivity index (χ3v) is 11.2. The molecule has 0 bridgehead atoms. The van der Waals surface area contributed by atoms with E-state index in [1.54, 1.807) is 0 Å². The molecule has 188 valence electrons. The van der Waals surface area contributed by atoms with Crippen LogP contribution in [0.15, 0.2) is 23.3 Å². The Labute approximate surface area is 201 Å². The number of hydrogen-bond donors (Lipinski definition) is 4. The van der Waals surface area contributed by atoms with Gasteiger partial charge in [-0.05, 0) is 90.2 Å². The maximum atomic E-state index is 12.4. The molecule has 0 heterocycles. The fraction of sp³-hybridized carbons (Fsp3) is 0.862. The summed E-state index contributed by atoms with van der Waals surface area (Å²) in [5.41, 5.74) is 0.600.